The van der Waals surface area contributed by atoms with Crippen molar-refractivity contribution in [3.05, 3.63) is 67.5 Å². The van der Waals surface area contributed by atoms with Crippen molar-refractivity contribution in [2.75, 3.05) is 26.2 Å². The molecule has 0 atom stereocenters. The van der Waals surface area contributed by atoms with Gasteiger partial charge in [0.05, 0.1) is 6.54 Å². The van der Waals surface area contributed by atoms with E-state index in [1.165, 1.54) is 17.4 Å². The number of aromatic nitrogens is 2. The van der Waals surface area contributed by atoms with Gasteiger partial charge in [-0.25, -0.2) is 4.79 Å². The minimum Gasteiger partial charge on any atom is -0.361 e. The lowest BCUT2D eigenvalue weighted by molar-refractivity contribution is 0.0822. The number of ether oxygens (including phenoxy) is 1. The monoisotopic (exact) mass is 395 g/mol. The molecule has 0 amide bonds. The number of benzene rings is 1. The quantitative estimate of drug-likeness (QED) is 0.730. The highest BCUT2D eigenvalue weighted by molar-refractivity contribution is 5.39. The van der Waals surface area contributed by atoms with Crippen LogP contribution in [0.1, 0.15) is 49.1 Å². The van der Waals surface area contributed by atoms with Gasteiger partial charge in [0.2, 0.25) is 0 Å². The van der Waals surface area contributed by atoms with E-state index in [1.54, 1.807) is 0 Å². The van der Waals surface area contributed by atoms with Gasteiger partial charge in [-0.1, -0.05) is 30.9 Å². The molecule has 0 bridgehead atoms. The Hall–Kier alpha value is -2.62. The fraction of sp³-hybridized carbons (Fsp3) is 0.478. The number of nitrogens with zero attached hydrogens (tertiary/aromatic N) is 2. The molecule has 0 unspecified atom stereocenters. The van der Waals surface area contributed by atoms with Crippen LogP contribution in [0.2, 0.25) is 0 Å². The van der Waals surface area contributed by atoms with Crippen molar-refractivity contribution in [1.29, 1.82) is 0 Å². The smallest absolute Gasteiger partial charge is 0.330 e. The van der Waals surface area contributed by atoms with E-state index in [-0.39, 0.29) is 12.3 Å². The first-order chi connectivity index (χ1) is 14.1. The number of hydrogen-bond acceptors (Lipinski definition) is 4. The number of hydrogen-bond donors (Lipinski definition) is 1. The molecule has 0 aliphatic carbocycles. The van der Waals surface area contributed by atoms with Crippen LogP contribution in [0.25, 0.3) is 0 Å². The second-order valence-corrected chi connectivity index (χ2v) is 7.25. The van der Waals surface area contributed by atoms with E-state index < -0.39 is 5.69 Å². The fourth-order valence-electron chi connectivity index (χ4n) is 3.69. The highest BCUT2D eigenvalue weighted by atomic mass is 16.5. The maximum Gasteiger partial charge on any atom is 0.330 e. The Labute approximate surface area is 171 Å². The first kappa shape index (κ1) is 21.1. The van der Waals surface area contributed by atoms with Gasteiger partial charge in [-0.2, -0.15) is 0 Å². The van der Waals surface area contributed by atoms with Crippen LogP contribution in [0.4, 0.5) is 0 Å². The first-order valence-electron chi connectivity index (χ1n) is 10.3. The van der Waals surface area contributed by atoms with Crippen molar-refractivity contribution in [2.24, 2.45) is 0 Å². The molecular weight excluding hydrogens is 366 g/mol. The molecule has 6 heteroatoms. The van der Waals surface area contributed by atoms with Crippen LogP contribution in [-0.4, -0.2) is 40.7 Å². The molecule has 1 saturated heterocycles. The summed E-state index contributed by atoms with van der Waals surface area (Å²) in [5.74, 6) is 6.51. The average molecular weight is 396 g/mol. The molecule has 1 aliphatic heterocycles. The van der Waals surface area contributed by atoms with E-state index in [9.17, 15) is 9.59 Å². The first-order valence-corrected chi connectivity index (χ1v) is 10.3. The molecule has 2 heterocycles. The number of H-pyrrole nitrogens is 1. The van der Waals surface area contributed by atoms with Gasteiger partial charge in [0.25, 0.3) is 5.56 Å². The van der Waals surface area contributed by atoms with Crippen molar-refractivity contribution in [2.45, 2.75) is 46.3 Å². The number of likely N-dealkylation sites (tertiary alicyclic amines) is 1. The second-order valence-electron chi connectivity index (χ2n) is 7.25. The maximum absolute atomic E-state index is 12.4. The van der Waals surface area contributed by atoms with Gasteiger partial charge >= 0.3 is 5.69 Å². The molecule has 0 saturated carbocycles. The van der Waals surface area contributed by atoms with E-state index in [0.29, 0.717) is 30.7 Å². The van der Waals surface area contributed by atoms with E-state index >= 15 is 0 Å². The van der Waals surface area contributed by atoms with Crippen LogP contribution in [0.5, 0.6) is 0 Å². The molecule has 6 nitrogen and oxygen atoms in total. The van der Waals surface area contributed by atoms with E-state index in [2.05, 4.69) is 21.7 Å². The molecule has 29 heavy (non-hydrogen) atoms. The normalized spacial score (nSPS) is 14.0. The summed E-state index contributed by atoms with van der Waals surface area (Å²) in [6, 6.07) is 8.00. The maximum atomic E-state index is 12.4. The third-order valence-corrected chi connectivity index (χ3v) is 5.22. The Bertz CT molecular complexity index is 1000. The van der Waals surface area contributed by atoms with E-state index in [0.717, 1.165) is 30.8 Å². The largest absolute Gasteiger partial charge is 0.361 e. The Morgan fingerprint density at radius 2 is 1.97 bits per heavy atom. The topological polar surface area (TPSA) is 67.3 Å². The van der Waals surface area contributed by atoms with Crippen LogP contribution in [-0.2, 0) is 24.3 Å². The summed E-state index contributed by atoms with van der Waals surface area (Å²) in [7, 11) is 0. The molecule has 1 aromatic heterocycles. The predicted molar refractivity (Wildman–Crippen MR) is 114 cm³/mol. The summed E-state index contributed by atoms with van der Waals surface area (Å²) in [5, 5.41) is 0. The van der Waals surface area contributed by atoms with Crippen molar-refractivity contribution in [1.82, 2.24) is 14.5 Å². The zero-order chi connectivity index (χ0) is 20.6. The van der Waals surface area contributed by atoms with Crippen LogP contribution in [0.3, 0.4) is 0 Å². The Morgan fingerprint density at radius 1 is 1.17 bits per heavy atom. The number of aromatic amines is 1. The molecule has 2 aromatic rings. The summed E-state index contributed by atoms with van der Waals surface area (Å²) in [4.78, 5) is 29.4. The average Bonchev–Trinajstić information content (AvgIpc) is 3.22. The van der Waals surface area contributed by atoms with Crippen LogP contribution < -0.4 is 11.2 Å². The van der Waals surface area contributed by atoms with Crippen LogP contribution in [0, 0.1) is 11.8 Å². The van der Waals surface area contributed by atoms with Crippen molar-refractivity contribution < 1.29 is 4.74 Å². The number of nitrogens with one attached hydrogen (secondary N) is 1. The van der Waals surface area contributed by atoms with Gasteiger partial charge in [-0.05, 0) is 57.0 Å². The lowest BCUT2D eigenvalue weighted by Crippen LogP contribution is -2.36. The minimum absolute atomic E-state index is 0.129. The summed E-state index contributed by atoms with van der Waals surface area (Å²) in [5.41, 5.74) is 2.54. The second kappa shape index (κ2) is 10.2. The molecule has 0 spiro atoms. The standard InChI is InChI=1S/C23H29N3O3/c1-3-20-21(26(17-29-4-2)23(28)24-22(20)27)16-19-10-7-9-18(15-19)11-8-14-25-12-5-6-13-25/h7,9-10,15H,3-6,12-14,16-17H2,1-2H3,(H,24,27,28). The lowest BCUT2D eigenvalue weighted by Gasteiger charge is -2.15. The van der Waals surface area contributed by atoms with Crippen molar-refractivity contribution in [3.8, 4) is 11.8 Å². The van der Waals surface area contributed by atoms with E-state index in [4.69, 9.17) is 4.74 Å². The highest BCUT2D eigenvalue weighted by Gasteiger charge is 2.14. The predicted octanol–water partition coefficient (Wildman–Crippen LogP) is 2.13. The molecule has 1 N–H and O–H groups in total. The molecule has 1 aromatic carbocycles. The molecule has 1 fully saturated rings. The summed E-state index contributed by atoms with van der Waals surface area (Å²) in [6.45, 7) is 7.48. The molecule has 1 aliphatic rings. The van der Waals surface area contributed by atoms with Gasteiger partial charge in [0, 0.05) is 29.8 Å². The Morgan fingerprint density at radius 3 is 2.69 bits per heavy atom. The van der Waals surface area contributed by atoms with Crippen LogP contribution in [0.15, 0.2) is 33.9 Å². The Balaban J connectivity index is 1.86. The van der Waals surface area contributed by atoms with Gasteiger partial charge < -0.3 is 4.74 Å². The molecule has 3 rings (SSSR count). The Kier molecular flexibility index (Phi) is 7.45. The summed E-state index contributed by atoms with van der Waals surface area (Å²) >= 11 is 0. The van der Waals surface area contributed by atoms with Crippen molar-refractivity contribution >= 4 is 0 Å². The number of rotatable bonds is 7. The third-order valence-electron chi connectivity index (χ3n) is 5.22. The van der Waals surface area contributed by atoms with Gasteiger partial charge in [-0.15, -0.1) is 0 Å². The van der Waals surface area contributed by atoms with E-state index in [1.807, 2.05) is 38.1 Å². The lowest BCUT2D eigenvalue weighted by atomic mass is 10.0. The molecule has 0 radical (unpaired) electrons. The fourth-order valence-corrected chi connectivity index (χ4v) is 3.69. The molecule has 154 valence electrons. The van der Waals surface area contributed by atoms with Gasteiger partial charge in [0.1, 0.15) is 6.73 Å². The molecular formula is C23H29N3O3. The van der Waals surface area contributed by atoms with Crippen molar-refractivity contribution in [3.63, 3.8) is 0 Å². The SMILES string of the molecule is CCOCn1c(Cc2cccc(C#CCN3CCCC3)c2)c(CC)c(=O)[nH]c1=O. The van der Waals surface area contributed by atoms with Gasteiger partial charge in [0.15, 0.2) is 0 Å². The zero-order valence-electron chi connectivity index (χ0n) is 17.3. The van der Waals surface area contributed by atoms with Crippen LogP contribution >= 0.6 is 0 Å². The summed E-state index contributed by atoms with van der Waals surface area (Å²) < 4.78 is 6.98. The highest BCUT2D eigenvalue weighted by Crippen LogP contribution is 2.13. The third kappa shape index (κ3) is 5.47. The minimum atomic E-state index is -0.433. The summed E-state index contributed by atoms with van der Waals surface area (Å²) in [6.07, 6.45) is 3.55. The van der Waals surface area contributed by atoms with Gasteiger partial charge in [-0.3, -0.25) is 19.2 Å². The zero-order valence-corrected chi connectivity index (χ0v) is 17.3.